The number of hydrogen-bond donors (Lipinski definition) is 2. The first kappa shape index (κ1) is 15.6. The minimum atomic E-state index is -0.0162. The van der Waals surface area contributed by atoms with Gasteiger partial charge in [-0.2, -0.15) is 0 Å². The summed E-state index contributed by atoms with van der Waals surface area (Å²) in [4.78, 5) is 15.6. The number of nitrogens with one attached hydrogen (secondary N) is 2. The van der Waals surface area contributed by atoms with Crippen LogP contribution in [0.3, 0.4) is 0 Å². The molecule has 0 fully saturated rings. The number of pyridine rings is 1. The number of halogens is 2. The first-order valence-electron chi connectivity index (χ1n) is 4.71. The summed E-state index contributed by atoms with van der Waals surface area (Å²) in [5.74, 6) is 0.603. The van der Waals surface area contributed by atoms with Crippen LogP contribution in [-0.4, -0.2) is 24.5 Å². The molecule has 0 saturated carbocycles. The van der Waals surface area contributed by atoms with Gasteiger partial charge in [-0.05, 0) is 48.7 Å². The van der Waals surface area contributed by atoms with Gasteiger partial charge in [0.25, 0.3) is 0 Å². The van der Waals surface area contributed by atoms with Crippen LogP contribution >= 0.6 is 35.0 Å². The van der Waals surface area contributed by atoms with Crippen molar-refractivity contribution in [2.24, 2.45) is 0 Å². The highest BCUT2D eigenvalue weighted by molar-refractivity contribution is 14.1. The Labute approximate surface area is 115 Å². The molecule has 0 atom stereocenters. The zero-order valence-electron chi connectivity index (χ0n) is 9.21. The number of rotatable bonds is 4. The van der Waals surface area contributed by atoms with Crippen LogP contribution in [0, 0.1) is 10.5 Å². The van der Waals surface area contributed by atoms with Gasteiger partial charge in [0.15, 0.2) is 0 Å². The Bertz CT molecular complexity index is 360. The van der Waals surface area contributed by atoms with Crippen LogP contribution < -0.4 is 10.6 Å². The number of anilines is 1. The van der Waals surface area contributed by atoms with Gasteiger partial charge in [0.05, 0.1) is 5.69 Å². The fraction of sp³-hybridized carbons (Fsp3) is 0.400. The van der Waals surface area contributed by atoms with Crippen LogP contribution in [0.25, 0.3) is 0 Å². The molecule has 0 aliphatic carbocycles. The van der Waals surface area contributed by atoms with Gasteiger partial charge in [-0.25, -0.2) is 4.98 Å². The number of carbonyl (C=O) groups is 1. The summed E-state index contributed by atoms with van der Waals surface area (Å²) in [6.07, 6.45) is 0.462. The maximum atomic E-state index is 11.4. The third kappa shape index (κ3) is 5.09. The third-order valence-electron chi connectivity index (χ3n) is 1.89. The average molecular weight is 356 g/mol. The molecule has 0 radical (unpaired) electrons. The lowest BCUT2D eigenvalue weighted by Gasteiger charge is -2.05. The molecule has 0 bridgehead atoms. The highest BCUT2D eigenvalue weighted by Gasteiger charge is 2.03. The van der Waals surface area contributed by atoms with Crippen molar-refractivity contribution in [1.82, 2.24) is 10.3 Å². The minimum Gasteiger partial charge on any atom is -0.319 e. The van der Waals surface area contributed by atoms with E-state index in [1.165, 1.54) is 0 Å². The molecule has 90 valence electrons. The summed E-state index contributed by atoms with van der Waals surface area (Å²) >= 11 is 2.21. The molecule has 1 amide bonds. The monoisotopic (exact) mass is 355 g/mol. The SMILES string of the molecule is CNCCC(=O)Nc1ccc(I)c(C)n1.Cl. The van der Waals surface area contributed by atoms with Crippen molar-refractivity contribution in [3.05, 3.63) is 21.4 Å². The van der Waals surface area contributed by atoms with Crippen molar-refractivity contribution in [2.75, 3.05) is 18.9 Å². The van der Waals surface area contributed by atoms with E-state index in [1.807, 2.05) is 26.1 Å². The smallest absolute Gasteiger partial charge is 0.226 e. The van der Waals surface area contributed by atoms with Crippen LogP contribution in [-0.2, 0) is 4.79 Å². The standard InChI is InChI=1S/C10H14IN3O.ClH/c1-7-8(11)3-4-9(13-7)14-10(15)5-6-12-2;/h3-4,12H,5-6H2,1-2H3,(H,13,14,15);1H. The second kappa shape index (κ2) is 7.81. The van der Waals surface area contributed by atoms with E-state index in [9.17, 15) is 4.79 Å². The number of carbonyl (C=O) groups excluding carboxylic acids is 1. The molecule has 2 N–H and O–H groups in total. The molecule has 0 spiro atoms. The summed E-state index contributed by atoms with van der Waals surface area (Å²) < 4.78 is 1.10. The first-order valence-corrected chi connectivity index (χ1v) is 5.79. The molecule has 6 heteroatoms. The molecule has 0 unspecified atom stereocenters. The fourth-order valence-corrected chi connectivity index (χ4v) is 1.36. The molecular formula is C10H15ClIN3O. The Hall–Kier alpha value is -0.400. The lowest BCUT2D eigenvalue weighted by molar-refractivity contribution is -0.116. The lowest BCUT2D eigenvalue weighted by Crippen LogP contribution is -2.19. The summed E-state index contributed by atoms with van der Waals surface area (Å²) in [7, 11) is 1.82. The van der Waals surface area contributed by atoms with Gasteiger partial charge < -0.3 is 10.6 Å². The summed E-state index contributed by atoms with van der Waals surface area (Å²) in [6, 6.07) is 3.75. The minimum absolute atomic E-state index is 0. The van der Waals surface area contributed by atoms with Gasteiger partial charge in [0.2, 0.25) is 5.91 Å². The van der Waals surface area contributed by atoms with E-state index < -0.39 is 0 Å². The van der Waals surface area contributed by atoms with Gasteiger partial charge in [0.1, 0.15) is 5.82 Å². The van der Waals surface area contributed by atoms with E-state index in [0.29, 0.717) is 18.8 Å². The number of nitrogens with zero attached hydrogens (tertiary/aromatic N) is 1. The van der Waals surface area contributed by atoms with Crippen LogP contribution in [0.2, 0.25) is 0 Å². The zero-order valence-corrected chi connectivity index (χ0v) is 12.2. The highest BCUT2D eigenvalue weighted by Crippen LogP contribution is 2.12. The van der Waals surface area contributed by atoms with E-state index >= 15 is 0 Å². The first-order chi connectivity index (χ1) is 7.13. The lowest BCUT2D eigenvalue weighted by atomic mass is 10.3. The van der Waals surface area contributed by atoms with E-state index in [-0.39, 0.29) is 18.3 Å². The van der Waals surface area contributed by atoms with E-state index in [1.54, 1.807) is 0 Å². The number of aromatic nitrogens is 1. The molecule has 0 aromatic carbocycles. The Kier molecular flexibility index (Phi) is 7.61. The summed E-state index contributed by atoms with van der Waals surface area (Å²) in [5, 5.41) is 5.67. The van der Waals surface area contributed by atoms with Crippen molar-refractivity contribution < 1.29 is 4.79 Å². The second-order valence-electron chi connectivity index (χ2n) is 3.17. The molecule has 0 aliphatic heterocycles. The quantitative estimate of drug-likeness (QED) is 0.812. The molecule has 1 heterocycles. The van der Waals surface area contributed by atoms with Crippen LogP contribution in [0.4, 0.5) is 5.82 Å². The number of hydrogen-bond acceptors (Lipinski definition) is 3. The van der Waals surface area contributed by atoms with E-state index in [4.69, 9.17) is 0 Å². The summed E-state index contributed by atoms with van der Waals surface area (Å²) in [5.41, 5.74) is 0.932. The van der Waals surface area contributed by atoms with Crippen LogP contribution in [0.15, 0.2) is 12.1 Å². The van der Waals surface area contributed by atoms with Crippen molar-refractivity contribution >= 4 is 46.7 Å². The molecule has 1 aromatic heterocycles. The Morgan fingerprint density at radius 2 is 2.19 bits per heavy atom. The molecule has 4 nitrogen and oxygen atoms in total. The van der Waals surface area contributed by atoms with Crippen molar-refractivity contribution in [2.45, 2.75) is 13.3 Å². The van der Waals surface area contributed by atoms with Gasteiger partial charge in [-0.3, -0.25) is 4.79 Å². The Balaban J connectivity index is 0.00000225. The molecule has 1 aromatic rings. The third-order valence-corrected chi connectivity index (χ3v) is 3.03. The molecule has 0 saturated heterocycles. The van der Waals surface area contributed by atoms with Gasteiger partial charge >= 0.3 is 0 Å². The van der Waals surface area contributed by atoms with Gasteiger partial charge in [-0.15, -0.1) is 12.4 Å². The van der Waals surface area contributed by atoms with Crippen LogP contribution in [0.1, 0.15) is 12.1 Å². The van der Waals surface area contributed by atoms with Gasteiger partial charge in [0, 0.05) is 16.5 Å². The van der Waals surface area contributed by atoms with Gasteiger partial charge in [-0.1, -0.05) is 0 Å². The van der Waals surface area contributed by atoms with Crippen LogP contribution in [0.5, 0.6) is 0 Å². The van der Waals surface area contributed by atoms with E-state index in [2.05, 4.69) is 38.2 Å². The predicted molar refractivity (Wildman–Crippen MR) is 76.1 cm³/mol. The molecule has 16 heavy (non-hydrogen) atoms. The maximum absolute atomic E-state index is 11.4. The summed E-state index contributed by atoms with van der Waals surface area (Å²) in [6.45, 7) is 2.60. The molecule has 1 rings (SSSR count). The number of aryl methyl sites for hydroxylation is 1. The normalized spacial score (nSPS) is 9.44. The largest absolute Gasteiger partial charge is 0.319 e. The molecule has 0 aliphatic rings. The second-order valence-corrected chi connectivity index (χ2v) is 4.33. The average Bonchev–Trinajstić information content (AvgIpc) is 2.20. The zero-order chi connectivity index (χ0) is 11.3. The number of amides is 1. The molecular weight excluding hydrogens is 340 g/mol. The Morgan fingerprint density at radius 3 is 2.75 bits per heavy atom. The van der Waals surface area contributed by atoms with E-state index in [0.717, 1.165) is 9.26 Å². The maximum Gasteiger partial charge on any atom is 0.226 e. The van der Waals surface area contributed by atoms with Crippen molar-refractivity contribution in [3.63, 3.8) is 0 Å². The highest BCUT2D eigenvalue weighted by atomic mass is 127. The predicted octanol–water partition coefficient (Wildman–Crippen LogP) is 1.96. The van der Waals surface area contributed by atoms with Crippen molar-refractivity contribution in [1.29, 1.82) is 0 Å². The fourth-order valence-electron chi connectivity index (χ4n) is 1.06. The van der Waals surface area contributed by atoms with Crippen molar-refractivity contribution in [3.8, 4) is 0 Å². The Morgan fingerprint density at radius 1 is 1.50 bits per heavy atom. The topological polar surface area (TPSA) is 54.0 Å².